The molecule has 3 fully saturated rings. The molecular weight excluding hydrogens is 592 g/mol. The number of alkyl halides is 6. The highest BCUT2D eigenvalue weighted by molar-refractivity contribution is 5.41. The third-order valence-electron chi connectivity index (χ3n) is 12.6. The predicted molar refractivity (Wildman–Crippen MR) is 164 cm³/mol. The topological polar surface area (TPSA) is 43.7 Å². The second kappa shape index (κ2) is 13.6. The molecule has 3 nitrogen and oxygen atoms in total. The minimum absolute atomic E-state index is 0.110. The monoisotopic (exact) mass is 645 g/mol. The molecule has 0 radical (unpaired) electrons. The molecule has 8 atom stereocenters. The molecule has 45 heavy (non-hydrogen) atoms. The minimum atomic E-state index is -5.46. The number of aromatic hydroxyl groups is 1. The van der Waals surface area contributed by atoms with E-state index < -0.39 is 35.7 Å². The van der Waals surface area contributed by atoms with Gasteiger partial charge in [0.05, 0.1) is 5.60 Å². The van der Waals surface area contributed by atoms with Crippen LogP contribution in [0.25, 0.3) is 0 Å². The van der Waals surface area contributed by atoms with E-state index in [-0.39, 0.29) is 29.9 Å². The molecular formula is C36H53F6NO2. The van der Waals surface area contributed by atoms with Crippen molar-refractivity contribution in [3.63, 3.8) is 0 Å². The first kappa shape index (κ1) is 34.8. The summed E-state index contributed by atoms with van der Waals surface area (Å²) in [5, 5.41) is 21.5. The quantitative estimate of drug-likeness (QED) is 0.166. The van der Waals surface area contributed by atoms with Crippen LogP contribution >= 0.6 is 0 Å². The summed E-state index contributed by atoms with van der Waals surface area (Å²) in [5.74, 6) is -3.76. The first-order chi connectivity index (χ1) is 21.1. The Morgan fingerprint density at radius 2 is 1.64 bits per heavy atom. The summed E-state index contributed by atoms with van der Waals surface area (Å²) in [6.45, 7) is 6.06. The van der Waals surface area contributed by atoms with E-state index in [0.29, 0.717) is 37.6 Å². The van der Waals surface area contributed by atoms with E-state index in [2.05, 4.69) is 11.8 Å². The van der Waals surface area contributed by atoms with Gasteiger partial charge in [-0.1, -0.05) is 45.1 Å². The number of benzene rings is 1. The Balaban J connectivity index is 1.09. The van der Waals surface area contributed by atoms with E-state index >= 15 is 4.39 Å². The molecule has 0 aromatic heterocycles. The van der Waals surface area contributed by atoms with Gasteiger partial charge >= 0.3 is 12.1 Å². The fraction of sp³-hybridized carbons (Fsp3) is 0.833. The number of aliphatic hydroxyl groups is 1. The smallest absolute Gasteiger partial charge is 0.453 e. The first-order valence-corrected chi connectivity index (χ1v) is 17.5. The Bertz CT molecular complexity index is 1140. The van der Waals surface area contributed by atoms with Crippen LogP contribution in [0.3, 0.4) is 0 Å². The summed E-state index contributed by atoms with van der Waals surface area (Å²) >= 11 is 0. The lowest BCUT2D eigenvalue weighted by molar-refractivity contribution is -0.284. The molecule has 3 aliphatic carbocycles. The molecule has 1 heterocycles. The Morgan fingerprint density at radius 1 is 0.933 bits per heavy atom. The number of likely N-dealkylation sites (tertiary alicyclic amines) is 1. The van der Waals surface area contributed by atoms with Crippen LogP contribution in [0.5, 0.6) is 5.75 Å². The van der Waals surface area contributed by atoms with Gasteiger partial charge in [0.25, 0.3) is 0 Å². The van der Waals surface area contributed by atoms with Crippen molar-refractivity contribution in [3.05, 3.63) is 29.3 Å². The van der Waals surface area contributed by atoms with Crippen LogP contribution in [-0.4, -0.2) is 58.1 Å². The Labute approximate surface area is 265 Å². The van der Waals surface area contributed by atoms with Crippen molar-refractivity contribution in [2.24, 2.45) is 23.2 Å². The largest absolute Gasteiger partial charge is 0.508 e. The van der Waals surface area contributed by atoms with Gasteiger partial charge in [-0.3, -0.25) is 0 Å². The van der Waals surface area contributed by atoms with E-state index in [9.17, 15) is 32.2 Å². The number of unbranched alkanes of at least 4 members (excludes halogenated alkanes) is 5. The first-order valence-electron chi connectivity index (χ1n) is 17.5. The third-order valence-corrected chi connectivity index (χ3v) is 12.6. The van der Waals surface area contributed by atoms with Crippen molar-refractivity contribution in [1.29, 1.82) is 0 Å². The van der Waals surface area contributed by atoms with Crippen molar-refractivity contribution in [2.45, 2.75) is 152 Å². The molecule has 0 unspecified atom stereocenters. The van der Waals surface area contributed by atoms with E-state index in [0.717, 1.165) is 88.4 Å². The Morgan fingerprint density at radius 3 is 2.40 bits per heavy atom. The summed E-state index contributed by atoms with van der Waals surface area (Å²) in [7, 11) is 0. The zero-order valence-electron chi connectivity index (χ0n) is 27.0. The maximum Gasteiger partial charge on any atom is 0.453 e. The van der Waals surface area contributed by atoms with Crippen molar-refractivity contribution < 1.29 is 36.6 Å². The number of fused-ring (bicyclic) bond motifs is 5. The average molecular weight is 646 g/mol. The molecule has 1 aromatic carbocycles. The molecule has 0 spiro atoms. The fourth-order valence-electron chi connectivity index (χ4n) is 9.92. The molecule has 0 bridgehead atoms. The van der Waals surface area contributed by atoms with Gasteiger partial charge < -0.3 is 15.1 Å². The molecule has 2 saturated carbocycles. The van der Waals surface area contributed by atoms with Crippen LogP contribution in [-0.2, 0) is 6.42 Å². The predicted octanol–water partition coefficient (Wildman–Crippen LogP) is 9.74. The van der Waals surface area contributed by atoms with Crippen LogP contribution in [0.2, 0.25) is 0 Å². The van der Waals surface area contributed by atoms with E-state index in [1.807, 2.05) is 19.1 Å². The van der Waals surface area contributed by atoms with E-state index in [1.165, 1.54) is 0 Å². The maximum atomic E-state index is 16.1. The van der Waals surface area contributed by atoms with Crippen LogP contribution in [0.15, 0.2) is 18.2 Å². The number of halogens is 6. The van der Waals surface area contributed by atoms with Gasteiger partial charge in [0, 0.05) is 23.8 Å². The number of hydrogen-bond donors (Lipinski definition) is 2. The van der Waals surface area contributed by atoms with Crippen molar-refractivity contribution in [3.8, 4) is 5.75 Å². The normalized spacial score (nSPS) is 35.3. The second-order valence-electron chi connectivity index (χ2n) is 15.3. The summed E-state index contributed by atoms with van der Waals surface area (Å²) < 4.78 is 79.4. The summed E-state index contributed by atoms with van der Waals surface area (Å²) in [4.78, 5) is 2.52. The summed E-state index contributed by atoms with van der Waals surface area (Å²) in [6.07, 6.45) is 4.49. The average Bonchev–Trinajstić information content (AvgIpc) is 3.49. The van der Waals surface area contributed by atoms with Crippen molar-refractivity contribution in [2.75, 3.05) is 13.1 Å². The molecule has 9 heteroatoms. The molecule has 4 aliphatic rings. The lowest BCUT2D eigenvalue weighted by Crippen LogP contribution is -2.54. The Kier molecular flexibility index (Phi) is 10.5. The molecule has 256 valence electrons. The number of rotatable bonds is 13. The lowest BCUT2D eigenvalue weighted by atomic mass is 9.50. The fourth-order valence-corrected chi connectivity index (χ4v) is 9.92. The molecule has 1 saturated heterocycles. The second-order valence-corrected chi connectivity index (χ2v) is 15.3. The molecule has 2 N–H and O–H groups in total. The van der Waals surface area contributed by atoms with Crippen LogP contribution in [0.1, 0.15) is 127 Å². The summed E-state index contributed by atoms with van der Waals surface area (Å²) in [5.41, 5.74) is 0.834. The molecule has 0 amide bonds. The number of hydrogen-bond acceptors (Lipinski definition) is 3. The highest BCUT2D eigenvalue weighted by Gasteiger charge is 2.63. The zero-order valence-corrected chi connectivity index (χ0v) is 27.0. The standard InChI is InChI=1S/C36H53F6NO2/c1-33-23-30(37)32-28-15-14-27(44)22-25(28)21-24(31(32)29(33)16-18-34(33,2)45)11-6-5-9-19-43-20-10-13-26(43)12-7-3-4-8-17-35(38,39)36(40,41)42/h14-15,22,24,26,29-32,44-45H,3-13,16-21,23H2,1-2H3/t24-,26-,29+,30+,31+,32+,33+,34+/m1/s1. The van der Waals surface area contributed by atoms with E-state index in [4.69, 9.17) is 0 Å². The van der Waals surface area contributed by atoms with E-state index in [1.54, 1.807) is 6.07 Å². The van der Waals surface area contributed by atoms with Gasteiger partial charge in [-0.05, 0) is 125 Å². The maximum absolute atomic E-state index is 16.1. The van der Waals surface area contributed by atoms with Gasteiger partial charge in [0.15, 0.2) is 0 Å². The van der Waals surface area contributed by atoms with Gasteiger partial charge in [0.2, 0.25) is 0 Å². The highest BCUT2D eigenvalue weighted by Crippen LogP contribution is 2.66. The minimum Gasteiger partial charge on any atom is -0.508 e. The van der Waals surface area contributed by atoms with Gasteiger partial charge in [-0.2, -0.15) is 22.0 Å². The molecule has 1 aromatic rings. The van der Waals surface area contributed by atoms with Crippen LogP contribution in [0.4, 0.5) is 26.3 Å². The number of phenolic OH excluding ortho intramolecular Hbond substituents is 1. The summed E-state index contributed by atoms with van der Waals surface area (Å²) in [6, 6.07) is 5.91. The van der Waals surface area contributed by atoms with Crippen LogP contribution in [0, 0.1) is 23.2 Å². The third kappa shape index (κ3) is 7.19. The van der Waals surface area contributed by atoms with Crippen molar-refractivity contribution in [1.82, 2.24) is 4.90 Å². The van der Waals surface area contributed by atoms with Gasteiger partial charge in [-0.15, -0.1) is 0 Å². The van der Waals surface area contributed by atoms with Gasteiger partial charge in [0.1, 0.15) is 11.9 Å². The lowest BCUT2D eigenvalue weighted by Gasteiger charge is -2.56. The highest BCUT2D eigenvalue weighted by atomic mass is 19.4. The zero-order chi connectivity index (χ0) is 32.6. The molecule has 1 aliphatic heterocycles. The Hall–Kier alpha value is -1.48. The van der Waals surface area contributed by atoms with Gasteiger partial charge in [-0.25, -0.2) is 4.39 Å². The number of nitrogens with zero attached hydrogens (tertiary/aromatic N) is 1. The van der Waals surface area contributed by atoms with Crippen molar-refractivity contribution >= 4 is 0 Å². The van der Waals surface area contributed by atoms with Crippen LogP contribution < -0.4 is 0 Å². The molecule has 5 rings (SSSR count). The number of phenols is 1. The SMILES string of the molecule is C[C@]1(O)CC[C@H]2[C@@H]3[C@H](CCCCCN4CCC[C@H]4CCCCCCC(F)(F)C(F)(F)F)Cc4cc(O)ccc4[C@H]3[C@@H](F)C[C@@]21C.